The number of carboxylic acid groups (broad SMARTS) is 1. The molecule has 18 heavy (non-hydrogen) atoms. The van der Waals surface area contributed by atoms with Crippen molar-refractivity contribution < 1.29 is 14.7 Å². The first-order valence-electron chi connectivity index (χ1n) is 7.02. The molecule has 0 heterocycles. The summed E-state index contributed by atoms with van der Waals surface area (Å²) in [6.45, 7) is 2.89. The highest BCUT2D eigenvalue weighted by atomic mass is 16.4. The fraction of sp³-hybridized carbons (Fsp3) is 0.857. The van der Waals surface area contributed by atoms with Gasteiger partial charge in [0.05, 0.1) is 11.8 Å². The molecule has 2 atom stereocenters. The van der Waals surface area contributed by atoms with E-state index in [4.69, 9.17) is 5.11 Å². The van der Waals surface area contributed by atoms with Crippen LogP contribution in [0.1, 0.15) is 51.9 Å². The van der Waals surface area contributed by atoms with Gasteiger partial charge in [-0.1, -0.05) is 26.2 Å². The normalized spacial score (nSPS) is 30.3. The van der Waals surface area contributed by atoms with Crippen LogP contribution in [0.25, 0.3) is 0 Å². The predicted molar refractivity (Wildman–Crippen MR) is 68.1 cm³/mol. The molecule has 0 spiro atoms. The Labute approximate surface area is 108 Å². The van der Waals surface area contributed by atoms with Gasteiger partial charge in [-0.3, -0.25) is 9.59 Å². The quantitative estimate of drug-likeness (QED) is 0.807. The zero-order valence-electron chi connectivity index (χ0n) is 11.1. The minimum absolute atomic E-state index is 0.0461. The van der Waals surface area contributed by atoms with Crippen molar-refractivity contribution in [1.82, 2.24) is 5.32 Å². The molecule has 0 saturated heterocycles. The molecule has 2 aliphatic carbocycles. The van der Waals surface area contributed by atoms with Crippen LogP contribution >= 0.6 is 0 Å². The molecule has 2 fully saturated rings. The van der Waals surface area contributed by atoms with Gasteiger partial charge >= 0.3 is 5.97 Å². The number of amides is 1. The van der Waals surface area contributed by atoms with Gasteiger partial charge < -0.3 is 10.4 Å². The van der Waals surface area contributed by atoms with E-state index in [2.05, 4.69) is 12.2 Å². The van der Waals surface area contributed by atoms with E-state index in [1.54, 1.807) is 0 Å². The maximum atomic E-state index is 12.1. The van der Waals surface area contributed by atoms with E-state index in [0.717, 1.165) is 19.3 Å². The van der Waals surface area contributed by atoms with Gasteiger partial charge in [0.2, 0.25) is 5.91 Å². The largest absolute Gasteiger partial charge is 0.481 e. The summed E-state index contributed by atoms with van der Waals surface area (Å²) in [5.74, 6) is -1.66. The highest BCUT2D eigenvalue weighted by Gasteiger charge is 2.37. The molecule has 0 aromatic rings. The average Bonchev–Trinajstić information content (AvgIpc) is 2.33. The Morgan fingerprint density at radius 2 is 1.78 bits per heavy atom. The Bertz CT molecular complexity index is 336. The van der Waals surface area contributed by atoms with Crippen LogP contribution in [0.2, 0.25) is 0 Å². The minimum Gasteiger partial charge on any atom is -0.481 e. The lowest BCUT2D eigenvalue weighted by Gasteiger charge is -2.39. The van der Waals surface area contributed by atoms with Crippen LogP contribution in [-0.2, 0) is 9.59 Å². The highest BCUT2D eigenvalue weighted by Crippen LogP contribution is 2.39. The molecule has 0 aromatic carbocycles. The van der Waals surface area contributed by atoms with Crippen LogP contribution < -0.4 is 5.32 Å². The third-order valence-corrected chi connectivity index (χ3v) is 4.67. The van der Waals surface area contributed by atoms with Crippen molar-refractivity contribution in [1.29, 1.82) is 0 Å². The summed E-state index contributed by atoms with van der Waals surface area (Å²) >= 11 is 0. The summed E-state index contributed by atoms with van der Waals surface area (Å²) < 4.78 is 0. The molecule has 2 rings (SSSR count). The zero-order chi connectivity index (χ0) is 13.2. The minimum atomic E-state index is -0.815. The van der Waals surface area contributed by atoms with Gasteiger partial charge in [-0.2, -0.15) is 0 Å². The summed E-state index contributed by atoms with van der Waals surface area (Å²) in [6, 6.07) is 0. The second-order valence-electron chi connectivity index (χ2n) is 6.22. The van der Waals surface area contributed by atoms with Gasteiger partial charge in [0.25, 0.3) is 0 Å². The van der Waals surface area contributed by atoms with Crippen molar-refractivity contribution >= 4 is 11.9 Å². The van der Waals surface area contributed by atoms with Crippen molar-refractivity contribution in [2.24, 2.45) is 17.3 Å². The summed E-state index contributed by atoms with van der Waals surface area (Å²) in [7, 11) is 0. The van der Waals surface area contributed by atoms with Gasteiger partial charge in [0, 0.05) is 6.54 Å². The van der Waals surface area contributed by atoms with E-state index in [1.807, 2.05) is 0 Å². The zero-order valence-corrected chi connectivity index (χ0v) is 11.1. The van der Waals surface area contributed by atoms with Gasteiger partial charge in [-0.15, -0.1) is 0 Å². The van der Waals surface area contributed by atoms with E-state index in [-0.39, 0.29) is 17.2 Å². The van der Waals surface area contributed by atoms with Crippen LogP contribution in [0.4, 0.5) is 0 Å². The lowest BCUT2D eigenvalue weighted by atomic mass is 9.70. The number of rotatable bonds is 4. The van der Waals surface area contributed by atoms with Crippen molar-refractivity contribution in [3.63, 3.8) is 0 Å². The molecular formula is C14H23NO3. The van der Waals surface area contributed by atoms with E-state index in [0.29, 0.717) is 13.0 Å². The Balaban J connectivity index is 1.87. The summed E-state index contributed by atoms with van der Waals surface area (Å²) in [5, 5.41) is 12.1. The maximum absolute atomic E-state index is 12.1. The van der Waals surface area contributed by atoms with E-state index >= 15 is 0 Å². The van der Waals surface area contributed by atoms with Crippen LogP contribution in [-0.4, -0.2) is 23.5 Å². The number of carboxylic acids is 1. The fourth-order valence-electron chi connectivity index (χ4n) is 3.13. The SMILES string of the molecule is CC1(CNC(=O)[C@@H]2CCCC[C@@H]2C(=O)O)CCC1. The molecule has 0 radical (unpaired) electrons. The Kier molecular flexibility index (Phi) is 3.93. The molecular weight excluding hydrogens is 230 g/mol. The van der Waals surface area contributed by atoms with Crippen molar-refractivity contribution in [3.05, 3.63) is 0 Å². The van der Waals surface area contributed by atoms with Gasteiger partial charge in [-0.25, -0.2) is 0 Å². The number of aliphatic carboxylic acids is 1. The van der Waals surface area contributed by atoms with Gasteiger partial charge in [0.15, 0.2) is 0 Å². The smallest absolute Gasteiger partial charge is 0.307 e. The second-order valence-corrected chi connectivity index (χ2v) is 6.22. The summed E-state index contributed by atoms with van der Waals surface area (Å²) in [4.78, 5) is 23.3. The number of carbonyl (C=O) groups excluding carboxylic acids is 1. The number of carbonyl (C=O) groups is 2. The molecule has 2 saturated carbocycles. The van der Waals surface area contributed by atoms with Crippen molar-refractivity contribution in [3.8, 4) is 0 Å². The van der Waals surface area contributed by atoms with E-state index in [1.165, 1.54) is 19.3 Å². The molecule has 0 aliphatic heterocycles. The predicted octanol–water partition coefficient (Wildman–Crippen LogP) is 2.18. The molecule has 0 aromatic heterocycles. The fourth-order valence-corrected chi connectivity index (χ4v) is 3.13. The van der Waals surface area contributed by atoms with Gasteiger partial charge in [-0.05, 0) is 31.1 Å². The molecule has 0 bridgehead atoms. The Morgan fingerprint density at radius 1 is 1.17 bits per heavy atom. The molecule has 0 unspecified atom stereocenters. The maximum Gasteiger partial charge on any atom is 0.307 e. The van der Waals surface area contributed by atoms with E-state index < -0.39 is 11.9 Å². The standard InChI is InChI=1S/C14H23NO3/c1-14(7-4-8-14)9-15-12(16)10-5-2-3-6-11(10)13(17)18/h10-11H,2-9H2,1H3,(H,15,16)(H,17,18)/t10-,11+/m1/s1. The van der Waals surface area contributed by atoms with Crippen molar-refractivity contribution in [2.75, 3.05) is 6.54 Å². The third-order valence-electron chi connectivity index (χ3n) is 4.67. The summed E-state index contributed by atoms with van der Waals surface area (Å²) in [5.41, 5.74) is 0.253. The topological polar surface area (TPSA) is 66.4 Å². The molecule has 4 heteroatoms. The number of hydrogen-bond donors (Lipinski definition) is 2. The average molecular weight is 253 g/mol. The first-order valence-corrected chi connectivity index (χ1v) is 7.02. The van der Waals surface area contributed by atoms with Crippen molar-refractivity contribution in [2.45, 2.75) is 51.9 Å². The molecule has 2 N–H and O–H groups in total. The molecule has 2 aliphatic rings. The van der Waals surface area contributed by atoms with E-state index in [9.17, 15) is 9.59 Å². The number of hydrogen-bond acceptors (Lipinski definition) is 2. The Morgan fingerprint density at radius 3 is 2.28 bits per heavy atom. The Hall–Kier alpha value is -1.06. The lowest BCUT2D eigenvalue weighted by molar-refractivity contribution is -0.149. The van der Waals surface area contributed by atoms with Gasteiger partial charge in [0.1, 0.15) is 0 Å². The monoisotopic (exact) mass is 253 g/mol. The molecule has 4 nitrogen and oxygen atoms in total. The van der Waals surface area contributed by atoms with Crippen LogP contribution in [0.5, 0.6) is 0 Å². The van der Waals surface area contributed by atoms with Crippen LogP contribution in [0, 0.1) is 17.3 Å². The molecule has 1 amide bonds. The van der Waals surface area contributed by atoms with Crippen LogP contribution in [0.3, 0.4) is 0 Å². The first-order chi connectivity index (χ1) is 8.52. The second kappa shape index (κ2) is 5.29. The third kappa shape index (κ3) is 2.85. The first kappa shape index (κ1) is 13.4. The lowest BCUT2D eigenvalue weighted by Crippen LogP contribution is -2.45. The molecule has 102 valence electrons. The van der Waals surface area contributed by atoms with Crippen LogP contribution in [0.15, 0.2) is 0 Å². The number of nitrogens with one attached hydrogen (secondary N) is 1. The highest BCUT2D eigenvalue weighted by molar-refractivity contribution is 5.84. The summed E-state index contributed by atoms with van der Waals surface area (Å²) in [6.07, 6.45) is 6.84.